The van der Waals surface area contributed by atoms with E-state index in [0.717, 1.165) is 5.56 Å². The number of piperidine rings is 1. The second-order valence-electron chi connectivity index (χ2n) is 8.73. The Kier molecular flexibility index (Phi) is 4.67. The van der Waals surface area contributed by atoms with Crippen molar-refractivity contribution in [3.8, 4) is 11.1 Å². The molecule has 1 aliphatic rings. The van der Waals surface area contributed by atoms with Gasteiger partial charge in [0.25, 0.3) is 0 Å². The van der Waals surface area contributed by atoms with Crippen LogP contribution in [0.15, 0.2) is 24.7 Å². The van der Waals surface area contributed by atoms with E-state index >= 15 is 4.39 Å². The summed E-state index contributed by atoms with van der Waals surface area (Å²) in [7, 11) is 1.81. The van der Waals surface area contributed by atoms with E-state index in [4.69, 9.17) is 10.5 Å². The first-order chi connectivity index (χ1) is 14.1. The molecule has 0 bridgehead atoms. The number of carbonyl (C=O) groups excluding carboxylic acids is 1. The highest BCUT2D eigenvalue weighted by molar-refractivity contribution is 5.77. The Labute approximate surface area is 173 Å². The molecule has 0 radical (unpaired) electrons. The van der Waals surface area contributed by atoms with Crippen molar-refractivity contribution in [2.75, 3.05) is 18.8 Å². The summed E-state index contributed by atoms with van der Waals surface area (Å²) in [6, 6.07) is 1.49. The number of aryl methyl sites for hydroxylation is 1. The number of hydrogen-bond donors (Lipinski definition) is 1. The van der Waals surface area contributed by atoms with Crippen LogP contribution in [0.25, 0.3) is 16.8 Å². The van der Waals surface area contributed by atoms with Crippen molar-refractivity contribution in [2.45, 2.75) is 44.9 Å². The van der Waals surface area contributed by atoms with Crippen molar-refractivity contribution >= 4 is 17.6 Å². The average molecular weight is 415 g/mol. The second kappa shape index (κ2) is 6.96. The molecule has 30 heavy (non-hydrogen) atoms. The third-order valence-corrected chi connectivity index (χ3v) is 5.07. The lowest BCUT2D eigenvalue weighted by atomic mass is 9.91. The van der Waals surface area contributed by atoms with Crippen molar-refractivity contribution in [3.63, 3.8) is 0 Å². The van der Waals surface area contributed by atoms with E-state index in [1.807, 2.05) is 13.2 Å². The molecule has 0 spiro atoms. The molecule has 1 fully saturated rings. The van der Waals surface area contributed by atoms with Gasteiger partial charge in [0.2, 0.25) is 0 Å². The lowest BCUT2D eigenvalue weighted by Gasteiger charge is -2.37. The van der Waals surface area contributed by atoms with E-state index in [2.05, 4.69) is 15.2 Å². The Morgan fingerprint density at radius 2 is 2.07 bits per heavy atom. The molecule has 1 aliphatic heterocycles. The summed E-state index contributed by atoms with van der Waals surface area (Å²) in [6.07, 6.45) is 5.37. The topological polar surface area (TPSA) is 104 Å². The Balaban J connectivity index is 1.70. The number of alkyl halides is 1. The van der Waals surface area contributed by atoms with Crippen LogP contribution in [0.4, 0.5) is 15.0 Å². The van der Waals surface area contributed by atoms with E-state index in [-0.39, 0.29) is 24.5 Å². The number of rotatable bonds is 2. The number of halogens is 1. The fraction of sp³-hybridized carbons (Fsp3) is 0.500. The molecule has 0 saturated carbocycles. The number of amides is 1. The van der Waals surface area contributed by atoms with Crippen molar-refractivity contribution in [2.24, 2.45) is 7.05 Å². The molecule has 0 aromatic carbocycles. The smallest absolute Gasteiger partial charge is 0.410 e. The Morgan fingerprint density at radius 1 is 1.30 bits per heavy atom. The zero-order chi connectivity index (χ0) is 21.7. The van der Waals surface area contributed by atoms with Crippen LogP contribution in [0.2, 0.25) is 0 Å². The number of nitrogens with zero attached hydrogens (tertiary/aromatic N) is 6. The zero-order valence-electron chi connectivity index (χ0n) is 17.6. The Bertz CT molecular complexity index is 1100. The first kappa shape index (κ1) is 20.1. The highest BCUT2D eigenvalue weighted by Gasteiger charge is 2.42. The van der Waals surface area contributed by atoms with Crippen molar-refractivity contribution in [1.29, 1.82) is 0 Å². The quantitative estimate of drug-likeness (QED) is 0.690. The van der Waals surface area contributed by atoms with Gasteiger partial charge < -0.3 is 15.4 Å². The minimum atomic E-state index is -1.83. The van der Waals surface area contributed by atoms with E-state index in [0.29, 0.717) is 24.2 Å². The zero-order valence-corrected chi connectivity index (χ0v) is 17.6. The molecule has 1 unspecified atom stereocenters. The van der Waals surface area contributed by atoms with Gasteiger partial charge in [0.15, 0.2) is 11.3 Å². The molecule has 4 rings (SSSR count). The van der Waals surface area contributed by atoms with Crippen molar-refractivity contribution in [3.05, 3.63) is 30.4 Å². The molecule has 3 aromatic heterocycles. The third-order valence-electron chi connectivity index (χ3n) is 5.07. The van der Waals surface area contributed by atoms with Crippen LogP contribution in [-0.4, -0.2) is 54.1 Å². The number of aromatic nitrogens is 5. The van der Waals surface area contributed by atoms with Gasteiger partial charge in [-0.1, -0.05) is 0 Å². The monoisotopic (exact) mass is 415 g/mol. The van der Waals surface area contributed by atoms with Gasteiger partial charge in [0.05, 0.1) is 24.6 Å². The van der Waals surface area contributed by atoms with E-state index < -0.39 is 17.4 Å². The summed E-state index contributed by atoms with van der Waals surface area (Å²) in [5.74, 6) is 0.275. The molecule has 1 amide bonds. The van der Waals surface area contributed by atoms with Gasteiger partial charge in [0, 0.05) is 37.0 Å². The molecule has 1 atom stereocenters. The molecule has 9 nitrogen and oxygen atoms in total. The van der Waals surface area contributed by atoms with Gasteiger partial charge in [-0.2, -0.15) is 14.7 Å². The number of likely N-dealkylation sites (tertiary alicyclic amines) is 1. The highest BCUT2D eigenvalue weighted by Crippen LogP contribution is 2.37. The Hall–Kier alpha value is -3.17. The number of anilines is 1. The first-order valence-electron chi connectivity index (χ1n) is 9.86. The molecule has 3 aromatic rings. The molecule has 4 heterocycles. The van der Waals surface area contributed by atoms with Gasteiger partial charge in [0.1, 0.15) is 11.4 Å². The molecular weight excluding hydrogens is 389 g/mol. The van der Waals surface area contributed by atoms with Crippen LogP contribution in [0.5, 0.6) is 0 Å². The molecular formula is C20H26FN7O2. The van der Waals surface area contributed by atoms with Crippen LogP contribution in [0.3, 0.4) is 0 Å². The minimum Gasteiger partial charge on any atom is -0.444 e. The average Bonchev–Trinajstić information content (AvgIpc) is 3.26. The lowest BCUT2D eigenvalue weighted by Crippen LogP contribution is -2.48. The largest absolute Gasteiger partial charge is 0.444 e. The maximum Gasteiger partial charge on any atom is 0.410 e. The van der Waals surface area contributed by atoms with Gasteiger partial charge in [-0.05, 0) is 33.6 Å². The predicted octanol–water partition coefficient (Wildman–Crippen LogP) is 2.91. The molecule has 10 heteroatoms. The fourth-order valence-electron chi connectivity index (χ4n) is 3.68. The van der Waals surface area contributed by atoms with Crippen LogP contribution < -0.4 is 5.73 Å². The second-order valence-corrected chi connectivity index (χ2v) is 8.73. The number of fused-ring (bicyclic) bond motifs is 1. The predicted molar refractivity (Wildman–Crippen MR) is 109 cm³/mol. The van der Waals surface area contributed by atoms with Crippen LogP contribution in [0.1, 0.15) is 39.3 Å². The summed E-state index contributed by atoms with van der Waals surface area (Å²) in [4.78, 5) is 18.5. The van der Waals surface area contributed by atoms with E-state index in [1.54, 1.807) is 37.8 Å². The first-order valence-corrected chi connectivity index (χ1v) is 9.86. The van der Waals surface area contributed by atoms with Gasteiger partial charge >= 0.3 is 6.09 Å². The molecule has 160 valence electrons. The van der Waals surface area contributed by atoms with Crippen LogP contribution in [0, 0.1) is 0 Å². The fourth-order valence-corrected chi connectivity index (χ4v) is 3.68. The van der Waals surface area contributed by atoms with Gasteiger partial charge in [-0.25, -0.2) is 14.2 Å². The number of nitrogen functional groups attached to an aromatic ring is 1. The normalized spacial score (nSPS) is 20.0. The van der Waals surface area contributed by atoms with Crippen molar-refractivity contribution in [1.82, 2.24) is 29.3 Å². The molecule has 1 saturated heterocycles. The summed E-state index contributed by atoms with van der Waals surface area (Å²) in [5.41, 5.74) is 5.84. The summed E-state index contributed by atoms with van der Waals surface area (Å²) < 4.78 is 24.7. The molecule has 0 aliphatic carbocycles. The third kappa shape index (κ3) is 3.69. The number of carbonyl (C=O) groups is 1. The number of ether oxygens (including phenoxy) is 1. The molecule has 2 N–H and O–H groups in total. The summed E-state index contributed by atoms with van der Waals surface area (Å²) in [5, 5.41) is 8.46. The van der Waals surface area contributed by atoms with Gasteiger partial charge in [-0.3, -0.25) is 4.68 Å². The Morgan fingerprint density at radius 3 is 2.73 bits per heavy atom. The van der Waals surface area contributed by atoms with E-state index in [1.165, 1.54) is 15.5 Å². The number of nitrogens with two attached hydrogens (primary N) is 1. The maximum absolute atomic E-state index is 16.1. The number of hydrogen-bond acceptors (Lipinski definition) is 6. The van der Waals surface area contributed by atoms with Gasteiger partial charge in [-0.15, -0.1) is 0 Å². The van der Waals surface area contributed by atoms with Crippen LogP contribution in [-0.2, 0) is 17.5 Å². The summed E-state index contributed by atoms with van der Waals surface area (Å²) in [6.45, 7) is 5.65. The maximum atomic E-state index is 16.1. The minimum absolute atomic E-state index is 0.138. The lowest BCUT2D eigenvalue weighted by molar-refractivity contribution is -0.00772. The summed E-state index contributed by atoms with van der Waals surface area (Å²) >= 11 is 0. The highest BCUT2D eigenvalue weighted by atomic mass is 19.1. The SMILES string of the molecule is Cn1cc(-c2cnn3c(N)cc(C4(F)CCCN(C(=O)OC(C)(C)C)C4)nc23)cn1. The standard InChI is InChI=1S/C20H26FN7O2/c1-19(2,3)30-18(29)27-7-5-6-20(21,12-27)15-8-16(22)28-17(25-15)14(10-24-28)13-9-23-26(4)11-13/h8-11H,5-7,12,22H2,1-4H3. The van der Waals surface area contributed by atoms with E-state index in [9.17, 15) is 4.79 Å². The van der Waals surface area contributed by atoms with Crippen molar-refractivity contribution < 1.29 is 13.9 Å². The van der Waals surface area contributed by atoms with Crippen LogP contribution >= 0.6 is 0 Å².